The zero-order valence-electron chi connectivity index (χ0n) is 18.1. The summed E-state index contributed by atoms with van der Waals surface area (Å²) in [4.78, 5) is 22.3. The van der Waals surface area contributed by atoms with E-state index < -0.39 is 0 Å². The maximum atomic E-state index is 12.2. The van der Waals surface area contributed by atoms with Crippen molar-refractivity contribution in [3.63, 3.8) is 0 Å². The van der Waals surface area contributed by atoms with Crippen LogP contribution in [0.1, 0.15) is 37.9 Å². The third kappa shape index (κ3) is 4.62. The number of hydrogen-bond acceptors (Lipinski definition) is 7. The number of nitrogens with zero attached hydrogens (tertiary/aromatic N) is 4. The van der Waals surface area contributed by atoms with Gasteiger partial charge >= 0.3 is 0 Å². The minimum absolute atomic E-state index is 0.0877. The Hall–Kier alpha value is -2.78. The molecule has 1 amide bonds. The standard InChI is InChI=1S/C22H28N6O2S/c1-13(2)12-28-20-15(19(27-28)14-7-8-17(23)24-11-14)5-4-6-16-21(20)31-22(25-16)26-18(29)9-10-30-3/h7-8,11,13H,4-6,9-10,12H2,1-3H3,(H2,23,24)(H,25,26,29). The minimum Gasteiger partial charge on any atom is -0.384 e. The summed E-state index contributed by atoms with van der Waals surface area (Å²) in [5.74, 6) is 0.847. The van der Waals surface area contributed by atoms with Gasteiger partial charge in [0.15, 0.2) is 5.13 Å². The molecule has 0 saturated carbocycles. The summed E-state index contributed by atoms with van der Waals surface area (Å²) in [6, 6.07) is 3.79. The van der Waals surface area contributed by atoms with Gasteiger partial charge in [0, 0.05) is 31.0 Å². The largest absolute Gasteiger partial charge is 0.384 e. The average Bonchev–Trinajstić information content (AvgIpc) is 3.22. The number of ether oxygens (including phenoxy) is 1. The van der Waals surface area contributed by atoms with Crippen LogP contribution >= 0.6 is 11.3 Å². The van der Waals surface area contributed by atoms with Gasteiger partial charge in [-0.15, -0.1) is 0 Å². The molecule has 1 aliphatic rings. The molecule has 3 N–H and O–H groups in total. The highest BCUT2D eigenvalue weighted by atomic mass is 32.1. The van der Waals surface area contributed by atoms with Gasteiger partial charge in [0.25, 0.3) is 0 Å². The Balaban J connectivity index is 1.77. The van der Waals surface area contributed by atoms with Crippen molar-refractivity contribution < 1.29 is 9.53 Å². The number of nitrogens with one attached hydrogen (secondary N) is 1. The van der Waals surface area contributed by atoms with Gasteiger partial charge in [-0.2, -0.15) is 5.10 Å². The minimum atomic E-state index is -0.0877. The molecular weight excluding hydrogens is 412 g/mol. The number of hydrogen-bond donors (Lipinski definition) is 2. The number of aryl methyl sites for hydroxylation is 1. The maximum Gasteiger partial charge on any atom is 0.228 e. The van der Waals surface area contributed by atoms with Crippen LogP contribution in [-0.2, 0) is 28.9 Å². The van der Waals surface area contributed by atoms with Gasteiger partial charge in [-0.3, -0.25) is 9.48 Å². The molecule has 0 fully saturated rings. The molecule has 0 spiro atoms. The normalized spacial score (nSPS) is 13.0. The molecule has 3 heterocycles. The molecule has 31 heavy (non-hydrogen) atoms. The summed E-state index contributed by atoms with van der Waals surface area (Å²) >= 11 is 1.53. The predicted molar refractivity (Wildman–Crippen MR) is 123 cm³/mol. The molecule has 4 rings (SSSR count). The molecule has 9 heteroatoms. The van der Waals surface area contributed by atoms with Crippen molar-refractivity contribution in [2.75, 3.05) is 24.8 Å². The van der Waals surface area contributed by atoms with Crippen molar-refractivity contribution in [2.45, 2.75) is 46.1 Å². The van der Waals surface area contributed by atoms with E-state index in [4.69, 9.17) is 20.6 Å². The van der Waals surface area contributed by atoms with Crippen LogP contribution in [0, 0.1) is 5.92 Å². The van der Waals surface area contributed by atoms with E-state index in [1.165, 1.54) is 16.9 Å². The highest BCUT2D eigenvalue weighted by Crippen LogP contribution is 2.42. The van der Waals surface area contributed by atoms with Crippen LogP contribution in [0.4, 0.5) is 10.9 Å². The van der Waals surface area contributed by atoms with Gasteiger partial charge in [-0.25, -0.2) is 9.97 Å². The Labute approximate surface area is 185 Å². The molecule has 0 aromatic carbocycles. The fourth-order valence-corrected chi connectivity index (χ4v) is 4.92. The zero-order chi connectivity index (χ0) is 22.0. The highest BCUT2D eigenvalue weighted by molar-refractivity contribution is 7.19. The second-order valence-corrected chi connectivity index (χ2v) is 9.16. The van der Waals surface area contributed by atoms with Crippen molar-refractivity contribution >= 4 is 28.2 Å². The third-order valence-electron chi connectivity index (χ3n) is 5.18. The third-order valence-corrected chi connectivity index (χ3v) is 6.20. The molecule has 1 aliphatic carbocycles. The summed E-state index contributed by atoms with van der Waals surface area (Å²) in [7, 11) is 1.59. The number of carbonyl (C=O) groups is 1. The molecular formula is C22H28N6O2S. The highest BCUT2D eigenvalue weighted by Gasteiger charge is 2.28. The summed E-state index contributed by atoms with van der Waals surface area (Å²) < 4.78 is 7.10. The van der Waals surface area contributed by atoms with Crippen molar-refractivity contribution in [3.05, 3.63) is 29.6 Å². The number of aromatic nitrogens is 4. The molecule has 0 atom stereocenters. The van der Waals surface area contributed by atoms with E-state index >= 15 is 0 Å². The van der Waals surface area contributed by atoms with E-state index in [0.717, 1.165) is 53.3 Å². The molecule has 0 bridgehead atoms. The van der Waals surface area contributed by atoms with E-state index in [0.29, 0.717) is 29.9 Å². The summed E-state index contributed by atoms with van der Waals surface area (Å²) in [6.07, 6.45) is 4.87. The van der Waals surface area contributed by atoms with Crippen LogP contribution < -0.4 is 11.1 Å². The molecule has 0 unspecified atom stereocenters. The number of fused-ring (bicyclic) bond motifs is 3. The van der Waals surface area contributed by atoms with E-state index in [2.05, 4.69) is 28.8 Å². The Kier molecular flexibility index (Phi) is 6.33. The number of nitrogen functional groups attached to an aromatic ring is 1. The maximum absolute atomic E-state index is 12.2. The second-order valence-electron chi connectivity index (χ2n) is 8.16. The lowest BCUT2D eigenvalue weighted by atomic mass is 10.0. The van der Waals surface area contributed by atoms with E-state index in [1.807, 2.05) is 12.1 Å². The molecule has 8 nitrogen and oxygen atoms in total. The zero-order valence-corrected chi connectivity index (χ0v) is 19.0. The SMILES string of the molecule is COCCC(=O)Nc1nc2c(s1)-c1c(c(-c3ccc(N)nc3)nn1CC(C)C)CCC2. The molecule has 3 aromatic rings. The number of thiazole rings is 1. The van der Waals surface area contributed by atoms with Crippen molar-refractivity contribution in [1.82, 2.24) is 19.7 Å². The van der Waals surface area contributed by atoms with Gasteiger partial charge in [0.05, 0.1) is 35.0 Å². The molecule has 0 aliphatic heterocycles. The van der Waals surface area contributed by atoms with Crippen LogP contribution in [0.3, 0.4) is 0 Å². The van der Waals surface area contributed by atoms with Gasteiger partial charge in [-0.05, 0) is 37.3 Å². The van der Waals surface area contributed by atoms with Gasteiger partial charge in [0.2, 0.25) is 5.91 Å². The first-order valence-electron chi connectivity index (χ1n) is 10.6. The number of anilines is 2. The van der Waals surface area contributed by atoms with E-state index in [-0.39, 0.29) is 5.91 Å². The monoisotopic (exact) mass is 440 g/mol. The molecule has 164 valence electrons. The van der Waals surface area contributed by atoms with E-state index in [1.54, 1.807) is 13.3 Å². The Bertz CT molecular complexity index is 1070. The van der Waals surface area contributed by atoms with Crippen molar-refractivity contribution in [2.24, 2.45) is 5.92 Å². The van der Waals surface area contributed by atoms with Crippen LogP contribution in [0.15, 0.2) is 18.3 Å². The second kappa shape index (κ2) is 9.15. The topological polar surface area (TPSA) is 108 Å². The summed E-state index contributed by atoms with van der Waals surface area (Å²) in [5.41, 5.74) is 11.1. The number of pyridine rings is 1. The summed E-state index contributed by atoms with van der Waals surface area (Å²) in [6.45, 7) is 5.56. The van der Waals surface area contributed by atoms with Crippen LogP contribution in [0.25, 0.3) is 21.8 Å². The Morgan fingerprint density at radius 3 is 2.90 bits per heavy atom. The van der Waals surface area contributed by atoms with Gasteiger partial charge in [-0.1, -0.05) is 25.2 Å². The lowest BCUT2D eigenvalue weighted by molar-refractivity contribution is -0.117. The quantitative estimate of drug-likeness (QED) is 0.579. The predicted octanol–water partition coefficient (Wildman–Crippen LogP) is 3.77. The van der Waals surface area contributed by atoms with Crippen LogP contribution in [0.5, 0.6) is 0 Å². The first kappa shape index (κ1) is 21.5. The van der Waals surface area contributed by atoms with Crippen molar-refractivity contribution in [1.29, 1.82) is 0 Å². The van der Waals surface area contributed by atoms with Crippen molar-refractivity contribution in [3.8, 4) is 21.8 Å². The molecule has 3 aromatic heterocycles. The van der Waals surface area contributed by atoms with E-state index in [9.17, 15) is 4.79 Å². The lowest BCUT2D eigenvalue weighted by Gasteiger charge is -2.09. The fraction of sp³-hybridized carbons (Fsp3) is 0.455. The fourth-order valence-electron chi connectivity index (χ4n) is 3.81. The summed E-state index contributed by atoms with van der Waals surface area (Å²) in [5, 5.41) is 8.55. The number of carbonyl (C=O) groups excluding carboxylic acids is 1. The number of nitrogens with two attached hydrogens (primary N) is 1. The molecule has 0 radical (unpaired) electrons. The Morgan fingerprint density at radius 1 is 1.35 bits per heavy atom. The average molecular weight is 441 g/mol. The Morgan fingerprint density at radius 2 is 2.19 bits per heavy atom. The number of methoxy groups -OCH3 is 1. The number of rotatable bonds is 7. The van der Waals surface area contributed by atoms with Gasteiger partial charge in [0.1, 0.15) is 5.82 Å². The lowest BCUT2D eigenvalue weighted by Crippen LogP contribution is -2.13. The van der Waals surface area contributed by atoms with Crippen LogP contribution in [-0.4, -0.2) is 39.4 Å². The number of amides is 1. The smallest absolute Gasteiger partial charge is 0.228 e. The van der Waals surface area contributed by atoms with Gasteiger partial charge < -0.3 is 15.8 Å². The first-order valence-corrected chi connectivity index (χ1v) is 11.4. The van der Waals surface area contributed by atoms with Crippen LogP contribution in [0.2, 0.25) is 0 Å². The first-order chi connectivity index (χ1) is 15.0. The molecule has 0 saturated heterocycles.